The van der Waals surface area contributed by atoms with E-state index in [4.69, 9.17) is 4.74 Å². The number of aromatic nitrogens is 4. The summed E-state index contributed by atoms with van der Waals surface area (Å²) in [6.45, 7) is 6.54. The van der Waals surface area contributed by atoms with Crippen molar-refractivity contribution in [3.63, 3.8) is 0 Å². The maximum absolute atomic E-state index is 11.6. The molecule has 2 rings (SSSR count). The topological polar surface area (TPSA) is 81.9 Å². The Hall–Kier alpha value is -2.35. The Kier molecular flexibility index (Phi) is 5.96. The molecule has 0 fully saturated rings. The third kappa shape index (κ3) is 4.32. The number of carbonyl (C=O) groups excluding carboxylic acids is 1. The predicted molar refractivity (Wildman–Crippen MR) is 84.3 cm³/mol. The van der Waals surface area contributed by atoms with Crippen molar-refractivity contribution in [2.75, 3.05) is 18.9 Å². The molecule has 2 aromatic rings. The Balaban J connectivity index is 2.02. The van der Waals surface area contributed by atoms with Crippen molar-refractivity contribution >= 4 is 17.7 Å². The summed E-state index contributed by atoms with van der Waals surface area (Å²) in [5.41, 5.74) is 0.808. The Morgan fingerprint density at radius 2 is 2.23 bits per heavy atom. The van der Waals surface area contributed by atoms with Crippen LogP contribution in [0.1, 0.15) is 6.92 Å². The van der Waals surface area contributed by atoms with Crippen LogP contribution in [-0.2, 0) is 4.79 Å². The van der Waals surface area contributed by atoms with Crippen LogP contribution in [-0.4, -0.2) is 45.0 Å². The highest BCUT2D eigenvalue weighted by Gasteiger charge is 2.11. The van der Waals surface area contributed by atoms with E-state index in [1.807, 2.05) is 31.2 Å². The van der Waals surface area contributed by atoms with Gasteiger partial charge >= 0.3 is 0 Å². The average molecular weight is 319 g/mol. The van der Waals surface area contributed by atoms with Crippen LogP contribution < -0.4 is 10.1 Å². The first-order chi connectivity index (χ1) is 10.7. The molecule has 1 aromatic heterocycles. The van der Waals surface area contributed by atoms with E-state index in [2.05, 4.69) is 27.4 Å². The van der Waals surface area contributed by atoms with Crippen LogP contribution in [0.4, 0.5) is 0 Å². The van der Waals surface area contributed by atoms with E-state index in [0.717, 1.165) is 11.4 Å². The van der Waals surface area contributed by atoms with E-state index in [1.165, 1.54) is 11.8 Å². The van der Waals surface area contributed by atoms with Gasteiger partial charge in [0.25, 0.3) is 0 Å². The molecule has 0 spiro atoms. The van der Waals surface area contributed by atoms with Crippen molar-refractivity contribution in [1.29, 1.82) is 0 Å². The number of hydrogen-bond acceptors (Lipinski definition) is 6. The lowest BCUT2D eigenvalue weighted by atomic mass is 10.3. The zero-order valence-corrected chi connectivity index (χ0v) is 13.0. The zero-order chi connectivity index (χ0) is 15.8. The number of rotatable bonds is 8. The highest BCUT2D eigenvalue weighted by Crippen LogP contribution is 2.20. The second-order valence-corrected chi connectivity index (χ2v) is 5.12. The summed E-state index contributed by atoms with van der Waals surface area (Å²) < 4.78 is 6.98. The van der Waals surface area contributed by atoms with Gasteiger partial charge in [0.15, 0.2) is 0 Å². The summed E-state index contributed by atoms with van der Waals surface area (Å²) >= 11 is 1.27. The lowest BCUT2D eigenvalue weighted by Crippen LogP contribution is -2.25. The lowest BCUT2D eigenvalue weighted by molar-refractivity contribution is -0.118. The van der Waals surface area contributed by atoms with Crippen LogP contribution in [0.3, 0.4) is 0 Å². The maximum Gasteiger partial charge on any atom is 0.230 e. The molecular formula is C14H17N5O2S. The van der Waals surface area contributed by atoms with Gasteiger partial charge in [0, 0.05) is 6.54 Å². The fraction of sp³-hybridized carbons (Fsp3) is 0.286. The van der Waals surface area contributed by atoms with E-state index in [9.17, 15) is 4.79 Å². The number of nitrogens with one attached hydrogen (secondary N) is 1. The number of ether oxygens (including phenoxy) is 1. The van der Waals surface area contributed by atoms with Crippen LogP contribution in [0, 0.1) is 0 Å². The Bertz CT molecular complexity index is 626. The third-order valence-electron chi connectivity index (χ3n) is 2.61. The predicted octanol–water partition coefficient (Wildman–Crippen LogP) is 1.46. The number of thioether (sulfide) groups is 1. The van der Waals surface area contributed by atoms with E-state index in [1.54, 1.807) is 10.8 Å². The van der Waals surface area contributed by atoms with Gasteiger partial charge in [0.05, 0.1) is 18.0 Å². The molecule has 0 aliphatic carbocycles. The van der Waals surface area contributed by atoms with E-state index >= 15 is 0 Å². The van der Waals surface area contributed by atoms with Crippen molar-refractivity contribution in [1.82, 2.24) is 25.5 Å². The number of nitrogens with zero attached hydrogens (tertiary/aromatic N) is 4. The molecule has 1 N–H and O–H groups in total. The molecule has 1 heterocycles. The molecular weight excluding hydrogens is 302 g/mol. The third-order valence-corrected chi connectivity index (χ3v) is 3.53. The molecule has 0 radical (unpaired) electrons. The molecule has 0 atom stereocenters. The average Bonchev–Trinajstić information content (AvgIpc) is 3.00. The highest BCUT2D eigenvalue weighted by molar-refractivity contribution is 7.99. The maximum atomic E-state index is 11.6. The van der Waals surface area contributed by atoms with Gasteiger partial charge in [-0.1, -0.05) is 17.8 Å². The van der Waals surface area contributed by atoms with Crippen molar-refractivity contribution in [3.8, 4) is 11.4 Å². The second kappa shape index (κ2) is 8.18. The van der Waals surface area contributed by atoms with Crippen molar-refractivity contribution in [2.45, 2.75) is 12.1 Å². The van der Waals surface area contributed by atoms with Crippen LogP contribution in [0.2, 0.25) is 0 Å². The van der Waals surface area contributed by atoms with Crippen molar-refractivity contribution < 1.29 is 9.53 Å². The summed E-state index contributed by atoms with van der Waals surface area (Å²) in [6, 6.07) is 7.43. The molecule has 22 heavy (non-hydrogen) atoms. The molecule has 0 aliphatic rings. The summed E-state index contributed by atoms with van der Waals surface area (Å²) in [4.78, 5) is 11.6. The molecule has 0 bridgehead atoms. The van der Waals surface area contributed by atoms with Crippen LogP contribution in [0.25, 0.3) is 5.69 Å². The molecule has 0 aliphatic heterocycles. The first kappa shape index (κ1) is 16.0. The fourth-order valence-electron chi connectivity index (χ4n) is 1.65. The largest absolute Gasteiger partial charge is 0.494 e. The van der Waals surface area contributed by atoms with E-state index < -0.39 is 0 Å². The molecule has 8 heteroatoms. The smallest absolute Gasteiger partial charge is 0.230 e. The number of carbonyl (C=O) groups is 1. The summed E-state index contributed by atoms with van der Waals surface area (Å²) in [7, 11) is 0. The van der Waals surface area contributed by atoms with Gasteiger partial charge in [0.2, 0.25) is 11.1 Å². The molecule has 7 nitrogen and oxygen atoms in total. The quantitative estimate of drug-likeness (QED) is 0.586. The minimum absolute atomic E-state index is 0.0915. The Labute approximate surface area is 132 Å². The van der Waals surface area contributed by atoms with Gasteiger partial charge in [-0.3, -0.25) is 4.79 Å². The van der Waals surface area contributed by atoms with Gasteiger partial charge in [-0.25, -0.2) is 0 Å². The first-order valence-electron chi connectivity index (χ1n) is 6.76. The number of hydrogen-bond donors (Lipinski definition) is 1. The number of tetrazole rings is 1. The Morgan fingerprint density at radius 3 is 2.91 bits per heavy atom. The number of amides is 1. The molecule has 116 valence electrons. The lowest BCUT2D eigenvalue weighted by Gasteiger charge is -2.06. The fourth-order valence-corrected chi connectivity index (χ4v) is 2.37. The summed E-state index contributed by atoms with van der Waals surface area (Å²) in [5, 5.41) is 14.8. The van der Waals surface area contributed by atoms with Crippen molar-refractivity contribution in [3.05, 3.63) is 36.9 Å². The first-order valence-corrected chi connectivity index (χ1v) is 7.75. The minimum atomic E-state index is -0.0915. The van der Waals surface area contributed by atoms with Gasteiger partial charge in [-0.05, 0) is 41.6 Å². The molecule has 0 unspecified atom stereocenters. The van der Waals surface area contributed by atoms with Gasteiger partial charge < -0.3 is 10.1 Å². The monoisotopic (exact) mass is 319 g/mol. The van der Waals surface area contributed by atoms with E-state index in [-0.39, 0.29) is 11.7 Å². The molecule has 1 aromatic carbocycles. The molecule has 1 amide bonds. The minimum Gasteiger partial charge on any atom is -0.494 e. The van der Waals surface area contributed by atoms with Crippen LogP contribution in [0.5, 0.6) is 5.75 Å². The molecule has 0 saturated carbocycles. The van der Waals surface area contributed by atoms with E-state index in [0.29, 0.717) is 18.3 Å². The zero-order valence-electron chi connectivity index (χ0n) is 12.2. The van der Waals surface area contributed by atoms with Crippen molar-refractivity contribution in [2.24, 2.45) is 0 Å². The highest BCUT2D eigenvalue weighted by atomic mass is 32.2. The summed E-state index contributed by atoms with van der Waals surface area (Å²) in [5.74, 6) is 0.939. The van der Waals surface area contributed by atoms with Crippen LogP contribution in [0.15, 0.2) is 42.1 Å². The van der Waals surface area contributed by atoms with Crippen LogP contribution >= 0.6 is 11.8 Å². The van der Waals surface area contributed by atoms with Gasteiger partial charge in [0.1, 0.15) is 5.75 Å². The Morgan fingerprint density at radius 1 is 1.45 bits per heavy atom. The molecule has 0 saturated heterocycles. The standard InChI is InChI=1S/C14H17N5O2S/c1-3-9-15-13(20)10-22-14-16-17-18-19(14)11-5-7-12(8-6-11)21-4-2/h3,5-8H,1,4,9-10H2,2H3,(H,15,20). The normalized spacial score (nSPS) is 10.2. The second-order valence-electron chi connectivity index (χ2n) is 4.18. The number of benzene rings is 1. The van der Waals surface area contributed by atoms with Gasteiger partial charge in [-0.2, -0.15) is 4.68 Å². The van der Waals surface area contributed by atoms with Gasteiger partial charge in [-0.15, -0.1) is 11.7 Å². The summed E-state index contributed by atoms with van der Waals surface area (Å²) in [6.07, 6.45) is 1.63. The SMILES string of the molecule is C=CCNC(=O)CSc1nnnn1-c1ccc(OCC)cc1.